The molecule has 2 N–H and O–H groups in total. The lowest BCUT2D eigenvalue weighted by Crippen LogP contribution is -2.48. The Morgan fingerprint density at radius 1 is 0.758 bits per heavy atom. The van der Waals surface area contributed by atoms with Crippen LogP contribution >= 0.6 is 0 Å². The molecule has 3 nitrogen and oxygen atoms in total. The molecule has 0 aliphatic heterocycles. The van der Waals surface area contributed by atoms with Crippen molar-refractivity contribution in [2.24, 2.45) is 17.8 Å². The van der Waals surface area contributed by atoms with Gasteiger partial charge in [0.05, 0.1) is 0 Å². The number of aryl methyl sites for hydroxylation is 1. The Bertz CT molecular complexity index is 1130. The first-order valence-corrected chi connectivity index (χ1v) is 12.4. The van der Waals surface area contributed by atoms with Crippen LogP contribution in [0.25, 0.3) is 0 Å². The van der Waals surface area contributed by atoms with Crippen LogP contribution in [-0.2, 0) is 5.41 Å². The Kier molecular flexibility index (Phi) is 5.01. The molecule has 0 saturated heterocycles. The van der Waals surface area contributed by atoms with E-state index in [9.17, 15) is 4.79 Å². The van der Waals surface area contributed by atoms with Crippen molar-refractivity contribution in [1.82, 2.24) is 0 Å². The molecule has 0 radical (unpaired) electrons. The molecule has 3 aromatic carbocycles. The zero-order valence-electron chi connectivity index (χ0n) is 19.3. The number of rotatable bonds is 5. The van der Waals surface area contributed by atoms with E-state index in [0.29, 0.717) is 11.0 Å². The third-order valence-electron chi connectivity index (χ3n) is 8.36. The molecular weight excluding hydrogens is 404 g/mol. The summed E-state index contributed by atoms with van der Waals surface area (Å²) < 4.78 is 0. The highest BCUT2D eigenvalue weighted by Crippen LogP contribution is 2.60. The van der Waals surface area contributed by atoms with Crippen molar-refractivity contribution in [3.8, 4) is 0 Å². The van der Waals surface area contributed by atoms with Crippen molar-refractivity contribution >= 4 is 23.0 Å². The molecule has 4 saturated carbocycles. The third kappa shape index (κ3) is 3.94. The molecule has 0 heterocycles. The van der Waals surface area contributed by atoms with Gasteiger partial charge in [-0.2, -0.15) is 0 Å². The second kappa shape index (κ2) is 8.06. The summed E-state index contributed by atoms with van der Waals surface area (Å²) in [6, 6.07) is 24.6. The summed E-state index contributed by atoms with van der Waals surface area (Å²) in [5.41, 5.74) is 6.67. The number of benzene rings is 3. The molecule has 4 aliphatic rings. The smallest absolute Gasteiger partial charge is 0.255 e. The molecule has 168 valence electrons. The predicted octanol–water partition coefficient (Wildman–Crippen LogP) is 7.46. The zero-order chi connectivity index (χ0) is 22.4. The highest BCUT2D eigenvalue weighted by molar-refractivity contribution is 6.04. The maximum Gasteiger partial charge on any atom is 0.255 e. The quantitative estimate of drug-likeness (QED) is 0.436. The van der Waals surface area contributed by atoms with Crippen molar-refractivity contribution in [3.05, 3.63) is 89.5 Å². The van der Waals surface area contributed by atoms with Crippen LogP contribution in [-0.4, -0.2) is 5.91 Å². The summed E-state index contributed by atoms with van der Waals surface area (Å²) in [5, 5.41) is 6.49. The minimum absolute atomic E-state index is 0.0694. The average Bonchev–Trinajstić information content (AvgIpc) is 2.80. The van der Waals surface area contributed by atoms with E-state index in [1.807, 2.05) is 36.4 Å². The molecule has 0 unspecified atom stereocenters. The monoisotopic (exact) mass is 436 g/mol. The van der Waals surface area contributed by atoms with Gasteiger partial charge < -0.3 is 10.6 Å². The van der Waals surface area contributed by atoms with Crippen molar-refractivity contribution in [2.45, 2.75) is 50.9 Å². The maximum absolute atomic E-state index is 12.8. The van der Waals surface area contributed by atoms with Gasteiger partial charge >= 0.3 is 0 Å². The second-order valence-corrected chi connectivity index (χ2v) is 10.7. The van der Waals surface area contributed by atoms with Crippen LogP contribution in [0.15, 0.2) is 72.8 Å². The summed E-state index contributed by atoms with van der Waals surface area (Å²) >= 11 is 0. The minimum Gasteiger partial charge on any atom is -0.355 e. The number of anilines is 3. The fourth-order valence-electron chi connectivity index (χ4n) is 7.15. The third-order valence-corrected chi connectivity index (χ3v) is 8.36. The van der Waals surface area contributed by atoms with Crippen LogP contribution in [0.4, 0.5) is 17.1 Å². The van der Waals surface area contributed by atoms with Gasteiger partial charge in [0.25, 0.3) is 5.91 Å². The van der Waals surface area contributed by atoms with Crippen LogP contribution in [0.5, 0.6) is 0 Å². The lowest BCUT2D eigenvalue weighted by Gasteiger charge is -2.57. The molecule has 0 atom stereocenters. The Labute approximate surface area is 196 Å². The largest absolute Gasteiger partial charge is 0.355 e. The first-order valence-electron chi connectivity index (χ1n) is 12.4. The SMILES string of the molecule is Cc1ccccc1Nc1ccc(C(=O)Nc2ccc(C34CC5CC(CC(C5)C3)C4)cc2)cc1. The first-order chi connectivity index (χ1) is 16.1. The summed E-state index contributed by atoms with van der Waals surface area (Å²) in [5.74, 6) is 2.76. The van der Waals surface area contributed by atoms with Gasteiger partial charge in [-0.25, -0.2) is 0 Å². The number of hydrogen-bond donors (Lipinski definition) is 2. The molecule has 4 fully saturated rings. The number of para-hydroxylation sites is 1. The Hall–Kier alpha value is -3.07. The number of hydrogen-bond acceptors (Lipinski definition) is 2. The first kappa shape index (κ1) is 20.5. The van der Waals surface area contributed by atoms with Gasteiger partial charge in [0.2, 0.25) is 0 Å². The number of amides is 1. The van der Waals surface area contributed by atoms with Crippen LogP contribution in [0.1, 0.15) is 60.0 Å². The molecule has 33 heavy (non-hydrogen) atoms. The number of carbonyl (C=O) groups excluding carboxylic acids is 1. The molecule has 3 heteroatoms. The Morgan fingerprint density at radius 2 is 1.33 bits per heavy atom. The van der Waals surface area contributed by atoms with E-state index >= 15 is 0 Å². The van der Waals surface area contributed by atoms with Crippen LogP contribution in [0.2, 0.25) is 0 Å². The molecule has 4 bridgehead atoms. The van der Waals surface area contributed by atoms with Crippen molar-refractivity contribution < 1.29 is 4.79 Å². The van der Waals surface area contributed by atoms with Gasteiger partial charge in [-0.3, -0.25) is 4.79 Å². The van der Waals surface area contributed by atoms with Gasteiger partial charge in [0, 0.05) is 22.6 Å². The van der Waals surface area contributed by atoms with E-state index < -0.39 is 0 Å². The lowest BCUT2D eigenvalue weighted by molar-refractivity contribution is -0.00518. The number of carbonyl (C=O) groups is 1. The van der Waals surface area contributed by atoms with Crippen molar-refractivity contribution in [3.63, 3.8) is 0 Å². The van der Waals surface area contributed by atoms with Gasteiger partial charge in [-0.15, -0.1) is 0 Å². The van der Waals surface area contributed by atoms with Crippen molar-refractivity contribution in [2.75, 3.05) is 10.6 Å². The molecule has 0 aromatic heterocycles. The average molecular weight is 437 g/mol. The molecule has 1 amide bonds. The molecular formula is C30H32N2O. The standard InChI is InChI=1S/C30H32N2O/c1-20-4-2-3-5-28(20)31-26-10-6-24(7-11-26)29(33)32-27-12-8-25(9-13-27)30-17-21-14-22(18-30)16-23(15-21)19-30/h2-13,21-23,31H,14-19H2,1H3,(H,32,33). The molecule has 4 aliphatic carbocycles. The summed E-state index contributed by atoms with van der Waals surface area (Å²) in [4.78, 5) is 12.8. The fraction of sp³-hybridized carbons (Fsp3) is 0.367. The normalized spacial score (nSPS) is 27.4. The topological polar surface area (TPSA) is 41.1 Å². The minimum atomic E-state index is -0.0694. The van der Waals surface area contributed by atoms with E-state index in [4.69, 9.17) is 0 Å². The fourth-order valence-corrected chi connectivity index (χ4v) is 7.15. The van der Waals surface area contributed by atoms with Crippen LogP contribution in [0, 0.1) is 24.7 Å². The summed E-state index contributed by atoms with van der Waals surface area (Å²) in [6.07, 6.45) is 8.50. The van der Waals surface area contributed by atoms with Gasteiger partial charge in [-0.1, -0.05) is 30.3 Å². The second-order valence-electron chi connectivity index (χ2n) is 10.7. The highest BCUT2D eigenvalue weighted by Gasteiger charge is 2.51. The van der Waals surface area contributed by atoms with Gasteiger partial charge in [0.15, 0.2) is 0 Å². The maximum atomic E-state index is 12.8. The van der Waals surface area contributed by atoms with Crippen LogP contribution in [0.3, 0.4) is 0 Å². The van der Waals surface area contributed by atoms with E-state index in [1.165, 1.54) is 49.7 Å². The summed E-state index contributed by atoms with van der Waals surface area (Å²) in [6.45, 7) is 2.08. The Balaban J connectivity index is 1.12. The van der Waals surface area contributed by atoms with Crippen molar-refractivity contribution in [1.29, 1.82) is 0 Å². The number of nitrogens with one attached hydrogen (secondary N) is 2. The highest BCUT2D eigenvalue weighted by atomic mass is 16.1. The van der Waals surface area contributed by atoms with E-state index in [1.54, 1.807) is 0 Å². The predicted molar refractivity (Wildman–Crippen MR) is 135 cm³/mol. The zero-order valence-corrected chi connectivity index (χ0v) is 19.3. The molecule has 3 aromatic rings. The summed E-state index contributed by atoms with van der Waals surface area (Å²) in [7, 11) is 0. The van der Waals surface area contributed by atoms with Crippen LogP contribution < -0.4 is 10.6 Å². The van der Waals surface area contributed by atoms with Gasteiger partial charge in [0.1, 0.15) is 0 Å². The molecule has 0 spiro atoms. The Morgan fingerprint density at radius 3 is 1.94 bits per heavy atom. The van der Waals surface area contributed by atoms with Gasteiger partial charge in [-0.05, 0) is 122 Å². The van der Waals surface area contributed by atoms with E-state index in [2.05, 4.69) is 54.0 Å². The molecule has 7 rings (SSSR count). The van der Waals surface area contributed by atoms with E-state index in [0.717, 1.165) is 34.8 Å². The van der Waals surface area contributed by atoms with E-state index in [-0.39, 0.29) is 5.91 Å². The lowest BCUT2D eigenvalue weighted by atomic mass is 9.48.